The minimum Gasteiger partial charge on any atom is -0.371 e. The number of hydrogen-bond donors (Lipinski definition) is 2. The summed E-state index contributed by atoms with van der Waals surface area (Å²) in [7, 11) is 1.80. The molecule has 1 aliphatic rings. The highest BCUT2D eigenvalue weighted by molar-refractivity contribution is 5.99. The van der Waals surface area contributed by atoms with Gasteiger partial charge in [-0.15, -0.1) is 10.2 Å². The van der Waals surface area contributed by atoms with Gasteiger partial charge < -0.3 is 10.6 Å². The third-order valence-electron chi connectivity index (χ3n) is 3.03. The zero-order chi connectivity index (χ0) is 13.4. The molecule has 3 rings (SSSR count). The van der Waals surface area contributed by atoms with Gasteiger partial charge in [0.05, 0.1) is 6.42 Å². The van der Waals surface area contributed by atoms with E-state index < -0.39 is 0 Å². The smallest absolute Gasteiger partial charge is 0.228 e. The number of fused-ring (bicyclic) bond motifs is 1. The molecule has 0 radical (unpaired) electrons. The molecule has 0 saturated heterocycles. The van der Waals surface area contributed by atoms with Crippen LogP contribution in [-0.2, 0) is 11.2 Å². The van der Waals surface area contributed by atoms with Gasteiger partial charge in [-0.05, 0) is 24.6 Å². The third kappa shape index (κ3) is 2.01. The second-order valence-electron chi connectivity index (χ2n) is 4.40. The van der Waals surface area contributed by atoms with Gasteiger partial charge in [0, 0.05) is 18.3 Å². The van der Waals surface area contributed by atoms with Crippen LogP contribution >= 0.6 is 0 Å². The molecule has 2 aromatic rings. The lowest BCUT2D eigenvalue weighted by molar-refractivity contribution is -0.115. The molecule has 1 amide bonds. The molecule has 2 N–H and O–H groups in total. The Bertz CT molecular complexity index is 668. The monoisotopic (exact) mass is 255 g/mol. The number of nitrogens with one attached hydrogen (secondary N) is 2. The zero-order valence-corrected chi connectivity index (χ0v) is 10.7. The van der Waals surface area contributed by atoms with Crippen molar-refractivity contribution in [3.8, 4) is 11.3 Å². The molecule has 0 bridgehead atoms. The SMILES string of the molecule is CNc1nc(C)nnc1-c1ccc2c(c1)CC(=O)N2. The average molecular weight is 255 g/mol. The second-order valence-corrected chi connectivity index (χ2v) is 4.40. The number of hydrogen-bond acceptors (Lipinski definition) is 5. The summed E-state index contributed by atoms with van der Waals surface area (Å²) in [6.45, 7) is 1.79. The van der Waals surface area contributed by atoms with Crippen LogP contribution in [0.25, 0.3) is 11.3 Å². The first-order valence-corrected chi connectivity index (χ1v) is 5.99. The lowest BCUT2D eigenvalue weighted by Crippen LogP contribution is -2.03. The fourth-order valence-electron chi connectivity index (χ4n) is 2.15. The Morgan fingerprint density at radius 1 is 1.32 bits per heavy atom. The van der Waals surface area contributed by atoms with E-state index in [0.29, 0.717) is 23.8 Å². The molecule has 0 unspecified atom stereocenters. The topological polar surface area (TPSA) is 79.8 Å². The molecule has 96 valence electrons. The molecule has 1 aromatic heterocycles. The molecule has 0 saturated carbocycles. The first kappa shape index (κ1) is 11.6. The highest BCUT2D eigenvalue weighted by Gasteiger charge is 2.19. The number of aryl methyl sites for hydroxylation is 1. The van der Waals surface area contributed by atoms with Crippen LogP contribution in [0.3, 0.4) is 0 Å². The molecule has 0 atom stereocenters. The Kier molecular flexibility index (Phi) is 2.63. The molecule has 6 heteroatoms. The summed E-state index contributed by atoms with van der Waals surface area (Å²) < 4.78 is 0. The highest BCUT2D eigenvalue weighted by atomic mass is 16.1. The van der Waals surface area contributed by atoms with Crippen molar-refractivity contribution in [3.63, 3.8) is 0 Å². The number of carbonyl (C=O) groups is 1. The lowest BCUT2D eigenvalue weighted by Gasteiger charge is -2.08. The Morgan fingerprint density at radius 2 is 2.16 bits per heavy atom. The summed E-state index contributed by atoms with van der Waals surface area (Å²) in [6.07, 6.45) is 0.408. The summed E-state index contributed by atoms with van der Waals surface area (Å²) in [5.74, 6) is 1.32. The molecular weight excluding hydrogens is 242 g/mol. The fraction of sp³-hybridized carbons (Fsp3) is 0.231. The van der Waals surface area contributed by atoms with E-state index in [-0.39, 0.29) is 5.91 Å². The van der Waals surface area contributed by atoms with Crippen molar-refractivity contribution < 1.29 is 4.79 Å². The van der Waals surface area contributed by atoms with Crippen LogP contribution in [0.2, 0.25) is 0 Å². The first-order chi connectivity index (χ1) is 9.17. The van der Waals surface area contributed by atoms with Crippen LogP contribution in [0, 0.1) is 6.92 Å². The van der Waals surface area contributed by atoms with Gasteiger partial charge in [0.15, 0.2) is 5.82 Å². The van der Waals surface area contributed by atoms with Crippen molar-refractivity contribution in [3.05, 3.63) is 29.6 Å². The number of aromatic nitrogens is 3. The van der Waals surface area contributed by atoms with E-state index in [0.717, 1.165) is 16.8 Å². The van der Waals surface area contributed by atoms with Crippen molar-refractivity contribution in [2.75, 3.05) is 17.7 Å². The van der Waals surface area contributed by atoms with Crippen LogP contribution < -0.4 is 10.6 Å². The van der Waals surface area contributed by atoms with Crippen LogP contribution in [-0.4, -0.2) is 28.1 Å². The highest BCUT2D eigenvalue weighted by Crippen LogP contribution is 2.30. The average Bonchev–Trinajstić information content (AvgIpc) is 2.77. The van der Waals surface area contributed by atoms with Crippen molar-refractivity contribution in [1.29, 1.82) is 0 Å². The minimum absolute atomic E-state index is 0.0223. The van der Waals surface area contributed by atoms with Crippen molar-refractivity contribution >= 4 is 17.4 Å². The Labute approximate surface area is 110 Å². The molecule has 2 heterocycles. The summed E-state index contributed by atoms with van der Waals surface area (Å²) in [5, 5.41) is 14.0. The van der Waals surface area contributed by atoms with Gasteiger partial charge in [-0.2, -0.15) is 0 Å². The molecule has 0 spiro atoms. The molecule has 0 aliphatic carbocycles. The Hall–Kier alpha value is -2.50. The molecular formula is C13H13N5O. The summed E-state index contributed by atoms with van der Waals surface area (Å²) in [5.41, 5.74) is 3.44. The number of rotatable bonds is 2. The molecule has 1 aliphatic heterocycles. The summed E-state index contributed by atoms with van der Waals surface area (Å²) >= 11 is 0. The van der Waals surface area contributed by atoms with Crippen LogP contribution in [0.5, 0.6) is 0 Å². The van der Waals surface area contributed by atoms with Crippen molar-refractivity contribution in [2.45, 2.75) is 13.3 Å². The van der Waals surface area contributed by atoms with E-state index in [1.165, 1.54) is 0 Å². The van der Waals surface area contributed by atoms with Crippen molar-refractivity contribution in [2.24, 2.45) is 0 Å². The van der Waals surface area contributed by atoms with Crippen LogP contribution in [0.4, 0.5) is 11.5 Å². The second kappa shape index (κ2) is 4.31. The normalized spacial score (nSPS) is 13.1. The fourth-order valence-corrected chi connectivity index (χ4v) is 2.15. The standard InChI is InChI=1S/C13H13N5O/c1-7-15-13(14-2)12(18-17-7)8-3-4-10-9(5-8)6-11(19)16-10/h3-5H,6H2,1-2H3,(H,16,19)(H,14,15,17). The van der Waals surface area contributed by atoms with E-state index in [1.807, 2.05) is 18.2 Å². The van der Waals surface area contributed by atoms with Gasteiger partial charge in [-0.1, -0.05) is 6.07 Å². The molecule has 6 nitrogen and oxygen atoms in total. The van der Waals surface area contributed by atoms with E-state index in [1.54, 1.807) is 14.0 Å². The van der Waals surface area contributed by atoms with E-state index in [9.17, 15) is 4.79 Å². The number of benzene rings is 1. The Balaban J connectivity index is 2.08. The maximum absolute atomic E-state index is 11.4. The van der Waals surface area contributed by atoms with Crippen LogP contribution in [0.15, 0.2) is 18.2 Å². The predicted octanol–water partition coefficient (Wildman–Crippen LogP) is 1.38. The lowest BCUT2D eigenvalue weighted by atomic mass is 10.1. The van der Waals surface area contributed by atoms with Crippen LogP contribution in [0.1, 0.15) is 11.4 Å². The number of anilines is 2. The van der Waals surface area contributed by atoms with Gasteiger partial charge in [-0.25, -0.2) is 4.98 Å². The van der Waals surface area contributed by atoms with Gasteiger partial charge in [0.2, 0.25) is 5.91 Å². The quantitative estimate of drug-likeness (QED) is 0.847. The molecule has 19 heavy (non-hydrogen) atoms. The number of nitrogens with zero attached hydrogens (tertiary/aromatic N) is 3. The first-order valence-electron chi connectivity index (χ1n) is 5.99. The number of carbonyl (C=O) groups excluding carboxylic acids is 1. The van der Waals surface area contributed by atoms with Crippen molar-refractivity contribution in [1.82, 2.24) is 15.2 Å². The molecule has 0 fully saturated rings. The maximum Gasteiger partial charge on any atom is 0.228 e. The number of amides is 1. The van der Waals surface area contributed by atoms with E-state index >= 15 is 0 Å². The molecule has 1 aromatic carbocycles. The van der Waals surface area contributed by atoms with Gasteiger partial charge in [0.25, 0.3) is 0 Å². The van der Waals surface area contributed by atoms with E-state index in [2.05, 4.69) is 25.8 Å². The van der Waals surface area contributed by atoms with Gasteiger partial charge >= 0.3 is 0 Å². The summed E-state index contributed by atoms with van der Waals surface area (Å²) in [6, 6.07) is 5.75. The van der Waals surface area contributed by atoms with E-state index in [4.69, 9.17) is 0 Å². The Morgan fingerprint density at radius 3 is 2.95 bits per heavy atom. The van der Waals surface area contributed by atoms with Gasteiger partial charge in [-0.3, -0.25) is 4.79 Å². The minimum atomic E-state index is 0.0223. The third-order valence-corrected chi connectivity index (χ3v) is 3.03. The zero-order valence-electron chi connectivity index (χ0n) is 10.7. The largest absolute Gasteiger partial charge is 0.371 e. The summed E-state index contributed by atoms with van der Waals surface area (Å²) in [4.78, 5) is 15.7. The maximum atomic E-state index is 11.4. The van der Waals surface area contributed by atoms with Gasteiger partial charge in [0.1, 0.15) is 11.5 Å². The predicted molar refractivity (Wildman–Crippen MR) is 71.9 cm³/mol.